The van der Waals surface area contributed by atoms with E-state index < -0.39 is 0 Å². The lowest BCUT2D eigenvalue weighted by Gasteiger charge is -2.43. The lowest BCUT2D eigenvalue weighted by molar-refractivity contribution is -0.128. The van der Waals surface area contributed by atoms with Gasteiger partial charge < -0.3 is 19.9 Å². The molecule has 0 unspecified atom stereocenters. The third kappa shape index (κ3) is 5.75. The first kappa shape index (κ1) is 21.5. The van der Waals surface area contributed by atoms with Gasteiger partial charge in [-0.05, 0) is 31.1 Å². The van der Waals surface area contributed by atoms with Crippen molar-refractivity contribution < 1.29 is 9.53 Å². The van der Waals surface area contributed by atoms with Crippen LogP contribution in [0.3, 0.4) is 0 Å². The number of rotatable bonds is 5. The third-order valence-corrected chi connectivity index (χ3v) is 5.32. The normalized spacial score (nSPS) is 20.7. The van der Waals surface area contributed by atoms with Crippen LogP contribution in [-0.4, -0.2) is 75.2 Å². The molecule has 2 fully saturated rings. The molecule has 2 rings (SSSR count). The van der Waals surface area contributed by atoms with Gasteiger partial charge in [0.05, 0.1) is 0 Å². The van der Waals surface area contributed by atoms with E-state index in [0.717, 1.165) is 58.1 Å². The summed E-state index contributed by atoms with van der Waals surface area (Å²) in [6, 6.07) is 0. The van der Waals surface area contributed by atoms with Gasteiger partial charge in [0.1, 0.15) is 0 Å². The van der Waals surface area contributed by atoms with Crippen LogP contribution in [0.5, 0.6) is 0 Å². The first-order valence-electron chi connectivity index (χ1n) is 8.80. The van der Waals surface area contributed by atoms with Crippen LogP contribution in [-0.2, 0) is 9.53 Å². The smallest absolute Gasteiger partial charge is 0.219 e. The fourth-order valence-corrected chi connectivity index (χ4v) is 3.55. The number of nitrogens with zero attached hydrogens (tertiary/aromatic N) is 3. The molecule has 0 spiro atoms. The Morgan fingerprint density at radius 2 is 1.83 bits per heavy atom. The molecule has 0 aromatic carbocycles. The minimum absolute atomic E-state index is 0. The maximum atomic E-state index is 11.6. The maximum Gasteiger partial charge on any atom is 0.219 e. The van der Waals surface area contributed by atoms with Crippen LogP contribution in [0.1, 0.15) is 39.0 Å². The number of halogens is 1. The zero-order valence-corrected chi connectivity index (χ0v) is 17.7. The van der Waals surface area contributed by atoms with E-state index in [-0.39, 0.29) is 29.9 Å². The Bertz CT molecular complexity index is 427. The zero-order chi connectivity index (χ0) is 16.7. The summed E-state index contributed by atoms with van der Waals surface area (Å²) in [5.41, 5.74) is 0.378. The highest BCUT2D eigenvalue weighted by Gasteiger charge is 2.36. The number of methoxy groups -OCH3 is 1. The van der Waals surface area contributed by atoms with Crippen molar-refractivity contribution in [3.63, 3.8) is 0 Å². The lowest BCUT2D eigenvalue weighted by atomic mass is 9.67. The quantitative estimate of drug-likeness (QED) is 0.394. The van der Waals surface area contributed by atoms with Gasteiger partial charge in [-0.3, -0.25) is 9.79 Å². The summed E-state index contributed by atoms with van der Waals surface area (Å²) in [4.78, 5) is 20.2. The zero-order valence-electron chi connectivity index (χ0n) is 15.3. The Balaban J connectivity index is 0.00000288. The molecule has 6 nitrogen and oxygen atoms in total. The standard InChI is InChI=1S/C17H32N4O2.HI/c1-15(22)20-9-5-10-21(12-11-20)16(18-2)19-14-17(6-4-7-17)8-13-23-3;/h4-14H2,1-3H3,(H,18,19);1H. The maximum absolute atomic E-state index is 11.6. The number of ether oxygens (including phenoxy) is 1. The molecule has 1 N–H and O–H groups in total. The number of hydrogen-bond donors (Lipinski definition) is 1. The number of guanidine groups is 1. The molecule has 1 aliphatic heterocycles. The first-order valence-corrected chi connectivity index (χ1v) is 8.80. The van der Waals surface area contributed by atoms with Crippen LogP contribution in [0.15, 0.2) is 4.99 Å². The van der Waals surface area contributed by atoms with Crippen molar-refractivity contribution in [3.05, 3.63) is 0 Å². The van der Waals surface area contributed by atoms with Crippen molar-refractivity contribution >= 4 is 35.8 Å². The van der Waals surface area contributed by atoms with Crippen molar-refractivity contribution in [3.8, 4) is 0 Å². The summed E-state index contributed by atoms with van der Waals surface area (Å²) < 4.78 is 5.27. The molecule has 1 saturated carbocycles. The largest absolute Gasteiger partial charge is 0.385 e. The van der Waals surface area contributed by atoms with Crippen molar-refractivity contribution in [2.45, 2.75) is 39.0 Å². The molecular weight excluding hydrogens is 419 g/mol. The molecule has 1 aliphatic carbocycles. The number of carbonyl (C=O) groups excluding carboxylic acids is 1. The van der Waals surface area contributed by atoms with Gasteiger partial charge in [0.15, 0.2) is 5.96 Å². The average Bonchev–Trinajstić information content (AvgIpc) is 2.75. The van der Waals surface area contributed by atoms with Crippen molar-refractivity contribution in [1.29, 1.82) is 0 Å². The van der Waals surface area contributed by atoms with Crippen LogP contribution < -0.4 is 5.32 Å². The number of nitrogens with one attached hydrogen (secondary N) is 1. The molecule has 1 amide bonds. The Labute approximate surface area is 163 Å². The highest BCUT2D eigenvalue weighted by molar-refractivity contribution is 14.0. The Hall–Kier alpha value is -0.570. The first-order chi connectivity index (χ1) is 11.1. The topological polar surface area (TPSA) is 57.2 Å². The number of hydrogen-bond acceptors (Lipinski definition) is 3. The van der Waals surface area contributed by atoms with E-state index in [1.54, 1.807) is 14.0 Å². The average molecular weight is 452 g/mol. The van der Waals surface area contributed by atoms with Gasteiger partial charge >= 0.3 is 0 Å². The molecule has 24 heavy (non-hydrogen) atoms. The monoisotopic (exact) mass is 452 g/mol. The highest BCUT2D eigenvalue weighted by Crippen LogP contribution is 2.43. The second-order valence-electron chi connectivity index (χ2n) is 6.84. The Morgan fingerprint density at radius 1 is 1.17 bits per heavy atom. The summed E-state index contributed by atoms with van der Waals surface area (Å²) >= 11 is 0. The molecule has 0 aromatic heterocycles. The van der Waals surface area contributed by atoms with E-state index in [2.05, 4.69) is 15.2 Å². The van der Waals surface area contributed by atoms with Crippen LogP contribution >= 0.6 is 24.0 Å². The summed E-state index contributed by atoms with van der Waals surface area (Å²) in [6.45, 7) is 6.89. The van der Waals surface area contributed by atoms with Crippen molar-refractivity contribution in [2.75, 3.05) is 53.5 Å². The molecule has 0 aromatic rings. The lowest BCUT2D eigenvalue weighted by Crippen LogP contribution is -2.49. The van der Waals surface area contributed by atoms with Crippen LogP contribution in [0.25, 0.3) is 0 Å². The fourth-order valence-electron chi connectivity index (χ4n) is 3.55. The summed E-state index contributed by atoms with van der Waals surface area (Å²) in [5, 5.41) is 3.58. The molecular formula is C17H33IN4O2. The van der Waals surface area contributed by atoms with E-state index in [4.69, 9.17) is 4.74 Å². The van der Waals surface area contributed by atoms with Gasteiger partial charge in [0, 0.05) is 60.4 Å². The van der Waals surface area contributed by atoms with E-state index >= 15 is 0 Å². The van der Waals surface area contributed by atoms with Gasteiger partial charge in [-0.15, -0.1) is 24.0 Å². The van der Waals surface area contributed by atoms with E-state index in [1.807, 2.05) is 11.9 Å². The van der Waals surface area contributed by atoms with Crippen molar-refractivity contribution in [1.82, 2.24) is 15.1 Å². The summed E-state index contributed by atoms with van der Waals surface area (Å²) in [6.07, 6.45) is 5.99. The summed E-state index contributed by atoms with van der Waals surface area (Å²) in [5.74, 6) is 1.14. The molecule has 0 radical (unpaired) electrons. The van der Waals surface area contributed by atoms with Gasteiger partial charge in [-0.2, -0.15) is 0 Å². The van der Waals surface area contributed by atoms with E-state index in [9.17, 15) is 4.79 Å². The van der Waals surface area contributed by atoms with E-state index in [0.29, 0.717) is 5.41 Å². The molecule has 0 atom stereocenters. The van der Waals surface area contributed by atoms with Gasteiger partial charge in [-0.1, -0.05) is 6.42 Å². The molecule has 2 aliphatic rings. The number of amides is 1. The van der Waals surface area contributed by atoms with Crippen LogP contribution in [0.2, 0.25) is 0 Å². The van der Waals surface area contributed by atoms with Gasteiger partial charge in [-0.25, -0.2) is 0 Å². The third-order valence-electron chi connectivity index (χ3n) is 5.32. The second-order valence-corrected chi connectivity index (χ2v) is 6.84. The van der Waals surface area contributed by atoms with Crippen molar-refractivity contribution in [2.24, 2.45) is 10.4 Å². The molecule has 1 heterocycles. The highest BCUT2D eigenvalue weighted by atomic mass is 127. The number of aliphatic imine (C=N–C) groups is 1. The van der Waals surface area contributed by atoms with E-state index in [1.165, 1.54) is 19.3 Å². The molecule has 0 bridgehead atoms. The molecule has 1 saturated heterocycles. The van der Waals surface area contributed by atoms with Gasteiger partial charge in [0.2, 0.25) is 5.91 Å². The minimum Gasteiger partial charge on any atom is -0.385 e. The number of carbonyl (C=O) groups is 1. The fraction of sp³-hybridized carbons (Fsp3) is 0.882. The predicted molar refractivity (Wildman–Crippen MR) is 108 cm³/mol. The SMILES string of the molecule is CN=C(NCC1(CCOC)CCC1)N1CCCN(C(C)=O)CC1.I. The molecule has 7 heteroatoms. The van der Waals surface area contributed by atoms with Gasteiger partial charge in [0.25, 0.3) is 0 Å². The Kier molecular flexibility index (Phi) is 9.33. The summed E-state index contributed by atoms with van der Waals surface area (Å²) in [7, 11) is 3.62. The Morgan fingerprint density at radius 3 is 2.38 bits per heavy atom. The second kappa shape index (κ2) is 10.4. The predicted octanol–water partition coefficient (Wildman–Crippen LogP) is 1.94. The van der Waals surface area contributed by atoms with Crippen LogP contribution in [0.4, 0.5) is 0 Å². The molecule has 140 valence electrons. The minimum atomic E-state index is 0. The van der Waals surface area contributed by atoms with Crippen LogP contribution in [0, 0.1) is 5.41 Å².